The number of nitrogen functional groups attached to an aromatic ring is 1. The van der Waals surface area contributed by atoms with Crippen molar-refractivity contribution in [3.63, 3.8) is 0 Å². The van der Waals surface area contributed by atoms with Crippen molar-refractivity contribution in [1.29, 1.82) is 0 Å². The molecule has 0 saturated carbocycles. The molecule has 1 aromatic heterocycles. The molecule has 2 N–H and O–H groups in total. The molecule has 14 heavy (non-hydrogen) atoms. The van der Waals surface area contributed by atoms with Crippen molar-refractivity contribution in [3.8, 4) is 0 Å². The number of aromatic nitrogens is 2. The molecule has 0 unspecified atom stereocenters. The molecule has 0 aliphatic carbocycles. The summed E-state index contributed by atoms with van der Waals surface area (Å²) in [6.07, 6.45) is 4.16. The Morgan fingerprint density at radius 2 is 2.14 bits per heavy atom. The van der Waals surface area contributed by atoms with E-state index >= 15 is 0 Å². The van der Waals surface area contributed by atoms with Gasteiger partial charge in [-0.2, -0.15) is 4.98 Å². The highest BCUT2D eigenvalue weighted by molar-refractivity contribution is 5.37. The van der Waals surface area contributed by atoms with Crippen molar-refractivity contribution < 1.29 is 0 Å². The average Bonchev–Trinajstić information content (AvgIpc) is 2.19. The van der Waals surface area contributed by atoms with Crippen molar-refractivity contribution in [1.82, 2.24) is 9.97 Å². The predicted octanol–water partition coefficient (Wildman–Crippen LogP) is 1.30. The van der Waals surface area contributed by atoms with Gasteiger partial charge in [0.15, 0.2) is 0 Å². The van der Waals surface area contributed by atoms with E-state index in [-0.39, 0.29) is 0 Å². The molecule has 76 valence electrons. The molecular formula is C10H16N4. The maximum Gasteiger partial charge on any atom is 0.227 e. The van der Waals surface area contributed by atoms with E-state index in [0.29, 0.717) is 5.82 Å². The first-order chi connectivity index (χ1) is 6.75. The summed E-state index contributed by atoms with van der Waals surface area (Å²) in [6, 6.07) is 1.72. The number of hydrogen-bond donors (Lipinski definition) is 1. The van der Waals surface area contributed by atoms with Crippen LogP contribution in [0.5, 0.6) is 0 Å². The third-order valence-corrected chi connectivity index (χ3v) is 2.73. The Kier molecular flexibility index (Phi) is 2.52. The molecule has 0 bridgehead atoms. The van der Waals surface area contributed by atoms with Gasteiger partial charge in [0.05, 0.1) is 0 Å². The van der Waals surface area contributed by atoms with Crippen LogP contribution in [0.15, 0.2) is 12.3 Å². The van der Waals surface area contributed by atoms with Crippen molar-refractivity contribution in [3.05, 3.63) is 12.3 Å². The molecule has 2 heterocycles. The lowest BCUT2D eigenvalue weighted by Crippen LogP contribution is -2.34. The smallest absolute Gasteiger partial charge is 0.227 e. The molecule has 2 rings (SSSR count). The second-order valence-corrected chi connectivity index (χ2v) is 3.95. The number of nitrogens with two attached hydrogens (primary N) is 1. The number of nitrogens with zero attached hydrogens (tertiary/aromatic N) is 3. The number of hydrogen-bond acceptors (Lipinski definition) is 4. The lowest BCUT2D eigenvalue weighted by atomic mass is 10.00. The highest BCUT2D eigenvalue weighted by atomic mass is 15.3. The fourth-order valence-corrected chi connectivity index (χ4v) is 1.72. The summed E-state index contributed by atoms with van der Waals surface area (Å²) in [5.41, 5.74) is 5.61. The number of rotatable bonds is 1. The van der Waals surface area contributed by atoms with E-state index in [0.717, 1.165) is 25.0 Å². The molecule has 4 nitrogen and oxygen atoms in total. The van der Waals surface area contributed by atoms with Gasteiger partial charge in [-0.1, -0.05) is 6.92 Å². The van der Waals surface area contributed by atoms with Crippen LogP contribution in [0.2, 0.25) is 0 Å². The van der Waals surface area contributed by atoms with Gasteiger partial charge in [-0.3, -0.25) is 0 Å². The molecule has 1 saturated heterocycles. The minimum Gasteiger partial charge on any atom is -0.384 e. The van der Waals surface area contributed by atoms with Gasteiger partial charge in [0.25, 0.3) is 0 Å². The molecule has 0 spiro atoms. The molecule has 1 fully saturated rings. The minimum absolute atomic E-state index is 0.550. The normalized spacial score (nSPS) is 18.5. The van der Waals surface area contributed by atoms with Crippen LogP contribution in [-0.4, -0.2) is 23.1 Å². The van der Waals surface area contributed by atoms with E-state index < -0.39 is 0 Å². The largest absolute Gasteiger partial charge is 0.384 e. The van der Waals surface area contributed by atoms with Crippen LogP contribution < -0.4 is 10.6 Å². The molecule has 0 amide bonds. The van der Waals surface area contributed by atoms with Crippen LogP contribution in [0.1, 0.15) is 19.8 Å². The number of anilines is 2. The van der Waals surface area contributed by atoms with Crippen molar-refractivity contribution in [2.45, 2.75) is 19.8 Å². The van der Waals surface area contributed by atoms with E-state index in [1.807, 2.05) is 0 Å². The Hall–Kier alpha value is -1.32. The van der Waals surface area contributed by atoms with Gasteiger partial charge in [-0.25, -0.2) is 4.98 Å². The van der Waals surface area contributed by atoms with E-state index in [4.69, 9.17) is 5.73 Å². The van der Waals surface area contributed by atoms with E-state index in [1.54, 1.807) is 12.3 Å². The Morgan fingerprint density at radius 1 is 1.43 bits per heavy atom. The monoisotopic (exact) mass is 192 g/mol. The molecule has 1 aliphatic rings. The molecule has 0 aromatic carbocycles. The Labute approximate surface area is 84.2 Å². The van der Waals surface area contributed by atoms with Gasteiger partial charge in [0, 0.05) is 19.3 Å². The van der Waals surface area contributed by atoms with Crippen molar-refractivity contribution in [2.24, 2.45) is 5.92 Å². The van der Waals surface area contributed by atoms with Gasteiger partial charge in [-0.15, -0.1) is 0 Å². The van der Waals surface area contributed by atoms with Crippen molar-refractivity contribution in [2.75, 3.05) is 23.7 Å². The summed E-state index contributed by atoms with van der Waals surface area (Å²) in [5, 5.41) is 0. The standard InChI is InChI=1S/C10H16N4/c1-8-3-6-14(7-4-8)10-12-5-2-9(11)13-10/h2,5,8H,3-4,6-7H2,1H3,(H2,11,12,13). The summed E-state index contributed by atoms with van der Waals surface area (Å²) in [5.74, 6) is 2.15. The molecule has 1 aliphatic heterocycles. The van der Waals surface area contributed by atoms with E-state index in [9.17, 15) is 0 Å². The summed E-state index contributed by atoms with van der Waals surface area (Å²) < 4.78 is 0. The zero-order valence-electron chi connectivity index (χ0n) is 8.48. The third-order valence-electron chi connectivity index (χ3n) is 2.73. The second-order valence-electron chi connectivity index (χ2n) is 3.95. The first kappa shape index (κ1) is 9.24. The van der Waals surface area contributed by atoms with E-state index in [2.05, 4.69) is 21.8 Å². The molecule has 0 radical (unpaired) electrons. The first-order valence-corrected chi connectivity index (χ1v) is 5.09. The zero-order chi connectivity index (χ0) is 9.97. The van der Waals surface area contributed by atoms with Gasteiger partial charge >= 0.3 is 0 Å². The molecule has 0 atom stereocenters. The molecule has 4 heteroatoms. The zero-order valence-corrected chi connectivity index (χ0v) is 8.48. The molecular weight excluding hydrogens is 176 g/mol. The van der Waals surface area contributed by atoms with Crippen LogP contribution in [0, 0.1) is 5.92 Å². The van der Waals surface area contributed by atoms with Gasteiger partial charge in [-0.05, 0) is 24.8 Å². The highest BCUT2D eigenvalue weighted by Gasteiger charge is 2.17. The summed E-state index contributed by atoms with van der Waals surface area (Å²) in [6.45, 7) is 4.38. The van der Waals surface area contributed by atoms with Crippen molar-refractivity contribution >= 4 is 11.8 Å². The SMILES string of the molecule is CC1CCN(c2nccc(N)n2)CC1. The van der Waals surface area contributed by atoms with Gasteiger partial charge in [0.2, 0.25) is 5.95 Å². The Bertz CT molecular complexity index is 305. The highest BCUT2D eigenvalue weighted by Crippen LogP contribution is 2.19. The lowest BCUT2D eigenvalue weighted by Gasteiger charge is -2.30. The lowest BCUT2D eigenvalue weighted by molar-refractivity contribution is 0.434. The summed E-state index contributed by atoms with van der Waals surface area (Å²) >= 11 is 0. The Balaban J connectivity index is 2.08. The van der Waals surface area contributed by atoms with Crippen LogP contribution in [0.25, 0.3) is 0 Å². The topological polar surface area (TPSA) is 55.0 Å². The molecule has 1 aromatic rings. The van der Waals surface area contributed by atoms with Crippen LogP contribution in [0.3, 0.4) is 0 Å². The van der Waals surface area contributed by atoms with Gasteiger partial charge in [0.1, 0.15) is 5.82 Å². The van der Waals surface area contributed by atoms with Crippen LogP contribution in [0.4, 0.5) is 11.8 Å². The van der Waals surface area contributed by atoms with E-state index in [1.165, 1.54) is 12.8 Å². The second kappa shape index (κ2) is 3.82. The quantitative estimate of drug-likeness (QED) is 0.728. The van der Waals surface area contributed by atoms with Gasteiger partial charge < -0.3 is 10.6 Å². The average molecular weight is 192 g/mol. The Morgan fingerprint density at radius 3 is 2.79 bits per heavy atom. The maximum atomic E-state index is 5.61. The number of piperidine rings is 1. The van der Waals surface area contributed by atoms with Crippen LogP contribution >= 0.6 is 0 Å². The summed E-state index contributed by atoms with van der Waals surface area (Å²) in [4.78, 5) is 10.6. The minimum atomic E-state index is 0.550. The summed E-state index contributed by atoms with van der Waals surface area (Å²) in [7, 11) is 0. The third kappa shape index (κ3) is 1.95. The fraction of sp³-hybridized carbons (Fsp3) is 0.600. The first-order valence-electron chi connectivity index (χ1n) is 5.09. The fourth-order valence-electron chi connectivity index (χ4n) is 1.72. The maximum absolute atomic E-state index is 5.61. The predicted molar refractivity (Wildman–Crippen MR) is 57.1 cm³/mol. The van der Waals surface area contributed by atoms with Crippen LogP contribution in [-0.2, 0) is 0 Å².